The van der Waals surface area contributed by atoms with Gasteiger partial charge in [0, 0.05) is 12.8 Å². The summed E-state index contributed by atoms with van der Waals surface area (Å²) in [6, 6.07) is 0. The van der Waals surface area contributed by atoms with Gasteiger partial charge < -0.3 is 15.2 Å². The van der Waals surface area contributed by atoms with Gasteiger partial charge >= 0.3 is 11.9 Å². The molecule has 0 aromatic heterocycles. The van der Waals surface area contributed by atoms with Crippen LogP contribution in [0.3, 0.4) is 0 Å². The standard InChI is InChI=1S/C36H61NO5/c1-3-5-7-9-10-11-12-13-14-15-16-17-18-23-27-31-36(41)42-33(28-24-20-8-6-4-2)29-25-21-19-22-26-30-34(38)37-32-35(39)40/h6,8,13-14,24-25,28-29,33H,3-5,7,9-12,15-23,26-27,30-32H2,1-2H3,(H,37,38)(H,39,40)/b8-6-,14-13-,28-24-,29-25-. The smallest absolute Gasteiger partial charge is 0.322 e. The molecule has 6 nitrogen and oxygen atoms in total. The summed E-state index contributed by atoms with van der Waals surface area (Å²) in [7, 11) is 0. The highest BCUT2D eigenvalue weighted by Gasteiger charge is 2.08. The number of carboxylic acid groups (broad SMARTS) is 1. The predicted octanol–water partition coefficient (Wildman–Crippen LogP) is 9.56. The van der Waals surface area contributed by atoms with Crippen LogP contribution in [0.4, 0.5) is 0 Å². The van der Waals surface area contributed by atoms with Gasteiger partial charge in [0.1, 0.15) is 12.6 Å². The zero-order valence-corrected chi connectivity index (χ0v) is 26.8. The number of nitrogens with one attached hydrogen (secondary N) is 1. The molecule has 0 aromatic rings. The molecule has 0 radical (unpaired) electrons. The lowest BCUT2D eigenvalue weighted by Gasteiger charge is -2.11. The first-order valence-corrected chi connectivity index (χ1v) is 16.8. The Morgan fingerprint density at radius 1 is 0.643 bits per heavy atom. The topological polar surface area (TPSA) is 92.7 Å². The van der Waals surface area contributed by atoms with Crippen LogP contribution in [0.2, 0.25) is 0 Å². The fourth-order valence-corrected chi connectivity index (χ4v) is 4.47. The van der Waals surface area contributed by atoms with E-state index in [-0.39, 0.29) is 24.5 Å². The van der Waals surface area contributed by atoms with Crippen LogP contribution in [0.15, 0.2) is 48.6 Å². The molecule has 0 rings (SSSR count). The van der Waals surface area contributed by atoms with Crippen molar-refractivity contribution in [3.05, 3.63) is 48.6 Å². The number of rotatable bonds is 29. The Balaban J connectivity index is 4.12. The maximum Gasteiger partial charge on any atom is 0.322 e. The lowest BCUT2D eigenvalue weighted by atomic mass is 10.1. The highest BCUT2D eigenvalue weighted by Crippen LogP contribution is 2.12. The number of aliphatic carboxylic acids is 1. The Hall–Kier alpha value is -2.63. The molecule has 1 atom stereocenters. The number of ether oxygens (including phenoxy) is 1. The van der Waals surface area contributed by atoms with Crippen molar-refractivity contribution in [2.75, 3.05) is 6.54 Å². The molecule has 0 bridgehead atoms. The Bertz CT molecular complexity index is 784. The van der Waals surface area contributed by atoms with Crippen molar-refractivity contribution in [2.24, 2.45) is 0 Å². The van der Waals surface area contributed by atoms with Gasteiger partial charge in [-0.15, -0.1) is 0 Å². The fraction of sp³-hybridized carbons (Fsp3) is 0.694. The zero-order valence-electron chi connectivity index (χ0n) is 26.8. The molecule has 0 saturated heterocycles. The minimum absolute atomic E-state index is 0.150. The van der Waals surface area contributed by atoms with Gasteiger partial charge in [0.2, 0.25) is 5.91 Å². The number of hydrogen-bond acceptors (Lipinski definition) is 4. The Morgan fingerprint density at radius 3 is 1.83 bits per heavy atom. The molecule has 0 heterocycles. The summed E-state index contributed by atoms with van der Waals surface area (Å²) in [5.74, 6) is -1.41. The molecule has 0 aliphatic rings. The van der Waals surface area contributed by atoms with Crippen LogP contribution in [-0.2, 0) is 19.1 Å². The Labute approximate surface area is 257 Å². The second-order valence-electron chi connectivity index (χ2n) is 11.0. The van der Waals surface area contributed by atoms with Crippen molar-refractivity contribution < 1.29 is 24.2 Å². The normalized spacial score (nSPS) is 12.6. The lowest BCUT2D eigenvalue weighted by molar-refractivity contribution is -0.145. The van der Waals surface area contributed by atoms with E-state index in [1.165, 1.54) is 57.8 Å². The van der Waals surface area contributed by atoms with Gasteiger partial charge in [0.25, 0.3) is 0 Å². The van der Waals surface area contributed by atoms with E-state index in [0.29, 0.717) is 12.8 Å². The third-order valence-corrected chi connectivity index (χ3v) is 6.95. The van der Waals surface area contributed by atoms with Crippen LogP contribution in [0, 0.1) is 0 Å². The van der Waals surface area contributed by atoms with Crippen molar-refractivity contribution in [3.63, 3.8) is 0 Å². The van der Waals surface area contributed by atoms with Gasteiger partial charge in [-0.3, -0.25) is 14.4 Å². The molecule has 42 heavy (non-hydrogen) atoms. The lowest BCUT2D eigenvalue weighted by Crippen LogP contribution is -2.28. The molecular formula is C36H61NO5. The predicted molar refractivity (Wildman–Crippen MR) is 175 cm³/mol. The van der Waals surface area contributed by atoms with Gasteiger partial charge in [-0.2, -0.15) is 0 Å². The van der Waals surface area contributed by atoms with E-state index in [1.807, 2.05) is 24.3 Å². The Kier molecular flexibility index (Phi) is 29.3. The molecule has 0 aliphatic carbocycles. The van der Waals surface area contributed by atoms with Gasteiger partial charge in [0.15, 0.2) is 0 Å². The monoisotopic (exact) mass is 587 g/mol. The molecule has 1 unspecified atom stereocenters. The average molecular weight is 588 g/mol. The maximum atomic E-state index is 12.5. The summed E-state index contributed by atoms with van der Waals surface area (Å²) in [4.78, 5) is 34.5. The van der Waals surface area contributed by atoms with E-state index in [2.05, 4.69) is 43.5 Å². The molecule has 2 N–H and O–H groups in total. The molecule has 0 aliphatic heterocycles. The first-order chi connectivity index (χ1) is 20.5. The second-order valence-corrected chi connectivity index (χ2v) is 11.0. The summed E-state index contributed by atoms with van der Waals surface area (Å²) in [5.41, 5.74) is 0. The highest BCUT2D eigenvalue weighted by atomic mass is 16.5. The van der Waals surface area contributed by atoms with Gasteiger partial charge in [0.05, 0.1) is 0 Å². The maximum absolute atomic E-state index is 12.5. The molecule has 0 aromatic carbocycles. The first-order valence-electron chi connectivity index (χ1n) is 16.8. The molecule has 1 amide bonds. The molecular weight excluding hydrogens is 526 g/mol. The van der Waals surface area contributed by atoms with Crippen LogP contribution in [0.1, 0.15) is 149 Å². The number of amides is 1. The number of carbonyl (C=O) groups is 3. The van der Waals surface area contributed by atoms with Crippen LogP contribution in [-0.4, -0.2) is 35.6 Å². The summed E-state index contributed by atoms with van der Waals surface area (Å²) in [5, 5.41) is 11.0. The number of hydrogen-bond donors (Lipinski definition) is 2. The third kappa shape index (κ3) is 30.3. The molecule has 6 heteroatoms. The summed E-state index contributed by atoms with van der Waals surface area (Å²) in [6.07, 6.45) is 38.5. The SMILES string of the molecule is CC/C=C\C/C=C\C(/C=C\CCCCCC(=O)NCC(=O)O)OC(=O)CCCCCCC/C=C\CCCCCCCC. The van der Waals surface area contributed by atoms with Crippen LogP contribution >= 0.6 is 0 Å². The van der Waals surface area contributed by atoms with Gasteiger partial charge in [-0.05, 0) is 76.4 Å². The van der Waals surface area contributed by atoms with Gasteiger partial charge in [-0.25, -0.2) is 0 Å². The van der Waals surface area contributed by atoms with Crippen molar-refractivity contribution in [2.45, 2.75) is 155 Å². The quantitative estimate of drug-likeness (QED) is 0.0516. The van der Waals surface area contributed by atoms with E-state index in [0.717, 1.165) is 64.2 Å². The number of carboxylic acids is 1. The largest absolute Gasteiger partial charge is 0.480 e. The minimum atomic E-state index is -1.04. The number of esters is 1. The summed E-state index contributed by atoms with van der Waals surface area (Å²) in [6.45, 7) is 4.03. The molecule has 240 valence electrons. The van der Waals surface area contributed by atoms with Crippen molar-refractivity contribution >= 4 is 17.8 Å². The van der Waals surface area contributed by atoms with E-state index in [4.69, 9.17) is 9.84 Å². The van der Waals surface area contributed by atoms with E-state index in [9.17, 15) is 14.4 Å². The van der Waals surface area contributed by atoms with Crippen LogP contribution in [0.5, 0.6) is 0 Å². The average Bonchev–Trinajstić information content (AvgIpc) is 2.97. The summed E-state index contributed by atoms with van der Waals surface area (Å²) >= 11 is 0. The van der Waals surface area contributed by atoms with Gasteiger partial charge in [-0.1, -0.05) is 108 Å². The molecule has 0 fully saturated rings. The highest BCUT2D eigenvalue weighted by molar-refractivity contribution is 5.80. The van der Waals surface area contributed by atoms with Crippen molar-refractivity contribution in [3.8, 4) is 0 Å². The van der Waals surface area contributed by atoms with E-state index >= 15 is 0 Å². The number of carbonyl (C=O) groups excluding carboxylic acids is 2. The zero-order chi connectivity index (χ0) is 30.9. The first kappa shape index (κ1) is 39.4. The molecule has 0 saturated carbocycles. The van der Waals surface area contributed by atoms with Crippen LogP contribution in [0.25, 0.3) is 0 Å². The Morgan fingerprint density at radius 2 is 1.19 bits per heavy atom. The number of unbranched alkanes of at least 4 members (excludes halogenated alkanes) is 14. The van der Waals surface area contributed by atoms with Crippen molar-refractivity contribution in [1.82, 2.24) is 5.32 Å². The van der Waals surface area contributed by atoms with E-state index in [1.54, 1.807) is 0 Å². The third-order valence-electron chi connectivity index (χ3n) is 6.95. The fourth-order valence-electron chi connectivity index (χ4n) is 4.47. The second kappa shape index (κ2) is 31.3. The molecule has 0 spiro atoms. The summed E-state index contributed by atoms with van der Waals surface area (Å²) < 4.78 is 5.73. The number of allylic oxidation sites excluding steroid dienone is 6. The van der Waals surface area contributed by atoms with Crippen molar-refractivity contribution in [1.29, 1.82) is 0 Å². The van der Waals surface area contributed by atoms with Crippen LogP contribution < -0.4 is 5.32 Å². The van der Waals surface area contributed by atoms with E-state index < -0.39 is 5.97 Å². The minimum Gasteiger partial charge on any atom is -0.480 e.